The van der Waals surface area contributed by atoms with Gasteiger partial charge in [0.05, 0.1) is 0 Å². The monoisotopic (exact) mass is 563 g/mol. The van der Waals surface area contributed by atoms with Crippen LogP contribution in [0.2, 0.25) is 0 Å². The Morgan fingerprint density at radius 2 is 2.09 bits per heavy atom. The van der Waals surface area contributed by atoms with Crippen LogP contribution in [0.3, 0.4) is 0 Å². The predicted octanol–water partition coefficient (Wildman–Crippen LogP) is 0.552. The Kier molecular flexibility index (Phi) is 6.36. The number of H-pyrrole nitrogens is 1. The summed E-state index contributed by atoms with van der Waals surface area (Å²) in [5.41, 5.74) is 5.07. The van der Waals surface area contributed by atoms with Gasteiger partial charge < -0.3 is 0 Å². The number of halogens is 2. The van der Waals surface area contributed by atoms with Gasteiger partial charge in [0.15, 0.2) is 0 Å². The predicted molar refractivity (Wildman–Crippen MR) is 121 cm³/mol. The van der Waals surface area contributed by atoms with Crippen molar-refractivity contribution in [3.63, 3.8) is 0 Å². The Bertz CT molecular complexity index is 1180. The summed E-state index contributed by atoms with van der Waals surface area (Å²) in [7, 11) is 1.43. The molecule has 8 nitrogen and oxygen atoms in total. The first-order valence-electron chi connectivity index (χ1n) is 10.8. The molecule has 1 atom stereocenters. The quantitative estimate of drug-likeness (QED) is 0.181. The number of alkyl halides is 1. The molecule has 174 valence electrons. The van der Waals surface area contributed by atoms with Crippen LogP contribution in [-0.2, 0) is 0 Å². The molecule has 1 amide bonds. The number of nitrogens with zero attached hydrogens (tertiary/aromatic N) is 1. The van der Waals surface area contributed by atoms with E-state index in [0.29, 0.717) is 23.5 Å². The molecular formula is C23H25FIN6O2-. The maximum atomic E-state index is 14.4. The number of pyridine rings is 1. The summed E-state index contributed by atoms with van der Waals surface area (Å²) in [6.45, 7) is 2.37. The minimum absolute atomic E-state index is 0.0998. The van der Waals surface area contributed by atoms with Crippen LogP contribution in [0.1, 0.15) is 32.8 Å². The Hall–Kier alpha value is -2.86. The average Bonchev–Trinajstić information content (AvgIpc) is 3.20. The molecule has 5 N–H and O–H groups in total. The van der Waals surface area contributed by atoms with Crippen LogP contribution in [0.5, 0.6) is 5.75 Å². The zero-order valence-electron chi connectivity index (χ0n) is 18.1. The van der Waals surface area contributed by atoms with Crippen molar-refractivity contribution in [1.82, 2.24) is 18.8 Å². The summed E-state index contributed by atoms with van der Waals surface area (Å²) < 4.78 is 23.5. The number of carbonyl (C=O) groups excluding carboxylic acids is 1. The molecule has 0 saturated carbocycles. The van der Waals surface area contributed by atoms with Crippen LogP contribution in [0.4, 0.5) is 21.5 Å². The number of rotatable bonds is 3. The number of para-hydroxylation sites is 1. The van der Waals surface area contributed by atoms with Crippen molar-refractivity contribution in [3.05, 3.63) is 53.7 Å². The summed E-state index contributed by atoms with van der Waals surface area (Å²) in [5.74, 6) is -0.525. The Labute approximate surface area is 201 Å². The number of anilines is 3. The standard InChI is InChI=1S/C23H25FIN6O2/c1-33-22-14(24)5-4-6-16(22)30-21-18-20-15(11-28-23(18)32)25-29-9-3-2-8-27-17-12-26-10-7-13(17)19(21)31-20/h4-7,10,12,15,27,29-31H,2-3,8-9,11H2,1H3,(H,28,32)/q-1. The van der Waals surface area contributed by atoms with Crippen molar-refractivity contribution < 1.29 is 35.4 Å². The van der Waals surface area contributed by atoms with E-state index < -0.39 is 27.3 Å². The molecule has 2 aromatic heterocycles. The number of amides is 1. The van der Waals surface area contributed by atoms with Gasteiger partial charge >= 0.3 is 202 Å². The van der Waals surface area contributed by atoms with Crippen LogP contribution in [-0.4, -0.2) is 42.6 Å². The number of aromatic nitrogens is 2. The topological polar surface area (TPSA) is 103 Å². The molecule has 0 saturated heterocycles. The van der Waals surface area contributed by atoms with Gasteiger partial charge in [-0.2, -0.15) is 0 Å². The van der Waals surface area contributed by atoms with Crippen molar-refractivity contribution in [2.45, 2.75) is 16.8 Å². The van der Waals surface area contributed by atoms with Crippen LogP contribution in [0.15, 0.2) is 36.7 Å². The molecule has 3 aromatic rings. The first kappa shape index (κ1) is 22.0. The number of methoxy groups -OCH3 is 1. The minimum atomic E-state index is -0.473. The summed E-state index contributed by atoms with van der Waals surface area (Å²) in [6, 6.07) is 6.62. The van der Waals surface area contributed by atoms with E-state index in [9.17, 15) is 9.18 Å². The van der Waals surface area contributed by atoms with E-state index >= 15 is 0 Å². The average molecular weight is 563 g/mol. The molecule has 1 unspecified atom stereocenters. The summed E-state index contributed by atoms with van der Waals surface area (Å²) in [4.78, 5) is 20.9. The van der Waals surface area contributed by atoms with Gasteiger partial charge in [-0.05, 0) is 0 Å². The van der Waals surface area contributed by atoms with Gasteiger partial charge in [0.1, 0.15) is 0 Å². The fraction of sp³-hybridized carbons (Fsp3) is 0.304. The fourth-order valence-corrected chi connectivity index (χ4v) is 6.62. The fourth-order valence-electron chi connectivity index (χ4n) is 4.17. The Morgan fingerprint density at radius 1 is 1.21 bits per heavy atom. The molecule has 1 aromatic carbocycles. The van der Waals surface area contributed by atoms with Gasteiger partial charge in [0.25, 0.3) is 0 Å². The summed E-state index contributed by atoms with van der Waals surface area (Å²) >= 11 is -0.392. The van der Waals surface area contributed by atoms with Gasteiger partial charge in [-0.25, -0.2) is 0 Å². The van der Waals surface area contributed by atoms with E-state index in [1.807, 2.05) is 6.07 Å². The first-order chi connectivity index (χ1) is 16.2. The van der Waals surface area contributed by atoms with E-state index in [0.717, 1.165) is 48.6 Å². The maximum absolute atomic E-state index is 14.4. The SMILES string of the molecule is COc1c(F)cccc1Nc1c2[nH]c3c1C(=O)NCC3[I-]NCCCCNc1cnccc1-2. The molecule has 2 aliphatic rings. The van der Waals surface area contributed by atoms with Crippen molar-refractivity contribution >= 4 is 23.0 Å². The van der Waals surface area contributed by atoms with Crippen LogP contribution < -0.4 is 45.7 Å². The third kappa shape index (κ3) is 4.24. The van der Waals surface area contributed by atoms with Crippen molar-refractivity contribution in [3.8, 4) is 17.0 Å². The molecule has 0 fully saturated rings. The number of aromatic amines is 1. The van der Waals surface area contributed by atoms with E-state index in [4.69, 9.17) is 4.74 Å². The van der Waals surface area contributed by atoms with Crippen molar-refractivity contribution in [2.24, 2.45) is 0 Å². The number of hydrogen-bond donors (Lipinski definition) is 5. The number of nitrogens with one attached hydrogen (secondary N) is 5. The van der Waals surface area contributed by atoms with Gasteiger partial charge in [-0.15, -0.1) is 0 Å². The molecular weight excluding hydrogens is 538 g/mol. The van der Waals surface area contributed by atoms with E-state index in [1.54, 1.807) is 24.5 Å². The first-order valence-corrected chi connectivity index (χ1v) is 13.2. The molecule has 0 radical (unpaired) electrons. The molecule has 2 aliphatic heterocycles. The summed E-state index contributed by atoms with van der Waals surface area (Å²) in [5, 5.41) is 9.84. The van der Waals surface area contributed by atoms with E-state index in [2.05, 4.69) is 29.4 Å². The van der Waals surface area contributed by atoms with Crippen LogP contribution in [0, 0.1) is 5.82 Å². The normalized spacial score (nSPS) is 18.2. The van der Waals surface area contributed by atoms with Crippen LogP contribution in [0.25, 0.3) is 11.3 Å². The number of benzene rings is 1. The Balaban J connectivity index is 1.71. The van der Waals surface area contributed by atoms with Crippen LogP contribution >= 0.6 is 0 Å². The van der Waals surface area contributed by atoms with Gasteiger partial charge in [-0.1, -0.05) is 0 Å². The number of carbonyl (C=O) groups is 1. The molecule has 4 heterocycles. The Morgan fingerprint density at radius 3 is 2.97 bits per heavy atom. The van der Waals surface area contributed by atoms with Crippen molar-refractivity contribution in [2.75, 3.05) is 37.4 Å². The van der Waals surface area contributed by atoms with E-state index in [-0.39, 0.29) is 15.6 Å². The molecule has 0 aliphatic carbocycles. The molecule has 0 spiro atoms. The molecule has 5 rings (SSSR count). The second kappa shape index (κ2) is 9.56. The third-order valence-electron chi connectivity index (χ3n) is 5.75. The molecule has 10 heteroatoms. The number of fused-ring (bicyclic) bond motifs is 3. The second-order valence-corrected chi connectivity index (χ2v) is 10.7. The van der Waals surface area contributed by atoms with Gasteiger partial charge in [0.2, 0.25) is 0 Å². The molecule has 2 bridgehead atoms. The van der Waals surface area contributed by atoms with Crippen molar-refractivity contribution in [1.29, 1.82) is 0 Å². The zero-order valence-corrected chi connectivity index (χ0v) is 20.3. The van der Waals surface area contributed by atoms with Gasteiger partial charge in [0, 0.05) is 0 Å². The second-order valence-electron chi connectivity index (χ2n) is 7.83. The summed E-state index contributed by atoms with van der Waals surface area (Å²) in [6.07, 6.45) is 5.65. The molecule has 33 heavy (non-hydrogen) atoms. The number of hydrogen-bond acceptors (Lipinski definition) is 6. The third-order valence-corrected chi connectivity index (χ3v) is 8.55. The zero-order chi connectivity index (χ0) is 22.8. The van der Waals surface area contributed by atoms with Gasteiger partial charge in [-0.3, -0.25) is 0 Å². The number of ether oxygens (including phenoxy) is 1. The van der Waals surface area contributed by atoms with E-state index in [1.165, 1.54) is 13.2 Å².